The number of benzene rings is 1. The van der Waals surface area contributed by atoms with Gasteiger partial charge in [-0.25, -0.2) is 4.98 Å². The van der Waals surface area contributed by atoms with E-state index in [0.29, 0.717) is 37.0 Å². The Kier molecular flexibility index (Phi) is 9.11. The van der Waals surface area contributed by atoms with Gasteiger partial charge in [0.15, 0.2) is 5.96 Å². The number of aryl methyl sites for hydroxylation is 2. The number of guanidine groups is 1. The molecule has 0 aliphatic heterocycles. The highest BCUT2D eigenvalue weighted by Gasteiger charge is 2.07. The Balaban J connectivity index is 0.00000338. The maximum Gasteiger partial charge on any atom is 0.251 e. The lowest BCUT2D eigenvalue weighted by molar-refractivity contribution is 0.0955. The van der Waals surface area contributed by atoms with E-state index >= 15 is 0 Å². The summed E-state index contributed by atoms with van der Waals surface area (Å²) in [5, 5.41) is 9.17. The van der Waals surface area contributed by atoms with Gasteiger partial charge in [-0.2, -0.15) is 0 Å². The Morgan fingerprint density at radius 1 is 1.19 bits per heavy atom. The number of carbonyl (C=O) groups is 1. The van der Waals surface area contributed by atoms with Crippen LogP contribution in [0.3, 0.4) is 0 Å². The minimum atomic E-state index is -0.0681. The molecule has 0 saturated heterocycles. The van der Waals surface area contributed by atoms with Crippen molar-refractivity contribution in [3.8, 4) is 0 Å². The molecule has 8 heteroatoms. The van der Waals surface area contributed by atoms with Crippen molar-refractivity contribution in [3.05, 3.63) is 52.7 Å². The molecule has 7 nitrogen and oxygen atoms in total. The summed E-state index contributed by atoms with van der Waals surface area (Å²) in [7, 11) is 1.70. The maximum atomic E-state index is 11.9. The summed E-state index contributed by atoms with van der Waals surface area (Å²) in [4.78, 5) is 20.4. The summed E-state index contributed by atoms with van der Waals surface area (Å²) in [5.74, 6) is 2.01. The molecular weight excluding hydrogens is 445 g/mol. The number of nitrogens with zero attached hydrogens (tertiary/aromatic N) is 2. The van der Waals surface area contributed by atoms with Crippen molar-refractivity contribution in [2.24, 2.45) is 4.99 Å². The predicted molar refractivity (Wildman–Crippen MR) is 113 cm³/mol. The van der Waals surface area contributed by atoms with Gasteiger partial charge in [0.2, 0.25) is 5.89 Å². The van der Waals surface area contributed by atoms with E-state index in [-0.39, 0.29) is 29.9 Å². The second kappa shape index (κ2) is 10.8. The number of aliphatic imine (C=N–C) groups is 1. The van der Waals surface area contributed by atoms with Crippen LogP contribution in [0.25, 0.3) is 0 Å². The Hall–Kier alpha value is -2.10. The van der Waals surface area contributed by atoms with Crippen LogP contribution in [0.5, 0.6) is 0 Å². The van der Waals surface area contributed by atoms with Crippen LogP contribution in [0.1, 0.15) is 40.2 Å². The molecule has 0 bridgehead atoms. The highest BCUT2D eigenvalue weighted by Crippen LogP contribution is 2.08. The number of hydrogen-bond donors (Lipinski definition) is 3. The molecule has 26 heavy (non-hydrogen) atoms. The number of halogens is 1. The fourth-order valence-electron chi connectivity index (χ4n) is 2.27. The summed E-state index contributed by atoms with van der Waals surface area (Å²) >= 11 is 0. The molecule has 2 rings (SSSR count). The first-order valence-electron chi connectivity index (χ1n) is 8.28. The number of nitrogens with one attached hydrogen (secondary N) is 3. The van der Waals surface area contributed by atoms with Crippen molar-refractivity contribution in [3.63, 3.8) is 0 Å². The fourth-order valence-corrected chi connectivity index (χ4v) is 2.27. The van der Waals surface area contributed by atoms with Crippen LogP contribution in [-0.4, -0.2) is 30.4 Å². The molecule has 0 radical (unpaired) electrons. The predicted octanol–water partition coefficient (Wildman–Crippen LogP) is 2.52. The van der Waals surface area contributed by atoms with Gasteiger partial charge in [-0.3, -0.25) is 9.79 Å². The molecule has 1 aromatic carbocycles. The minimum Gasteiger partial charge on any atom is -0.444 e. The number of oxazole rings is 1. The van der Waals surface area contributed by atoms with Gasteiger partial charge in [-0.05, 0) is 38.5 Å². The molecule has 2 aromatic rings. The monoisotopic (exact) mass is 471 g/mol. The molecular formula is C18H26IN5O2. The molecule has 0 atom stereocenters. The van der Waals surface area contributed by atoms with E-state index in [1.807, 2.05) is 39.0 Å². The van der Waals surface area contributed by atoms with Gasteiger partial charge in [-0.15, -0.1) is 24.0 Å². The highest BCUT2D eigenvalue weighted by atomic mass is 127. The Labute approximate surface area is 171 Å². The molecule has 0 unspecified atom stereocenters. The molecule has 0 aliphatic rings. The second-order valence-electron chi connectivity index (χ2n) is 5.59. The lowest BCUT2D eigenvalue weighted by Crippen LogP contribution is -2.36. The van der Waals surface area contributed by atoms with Gasteiger partial charge >= 0.3 is 0 Å². The zero-order chi connectivity index (χ0) is 18.2. The number of aromatic nitrogens is 1. The molecule has 1 heterocycles. The molecule has 1 aromatic heterocycles. The quantitative estimate of drug-likeness (QED) is 0.342. The fraction of sp³-hybridized carbons (Fsp3) is 0.389. The second-order valence-corrected chi connectivity index (χ2v) is 5.59. The maximum absolute atomic E-state index is 11.9. The van der Waals surface area contributed by atoms with E-state index in [0.717, 1.165) is 17.0 Å². The first-order valence-corrected chi connectivity index (χ1v) is 8.28. The van der Waals surface area contributed by atoms with Gasteiger partial charge < -0.3 is 20.4 Å². The van der Waals surface area contributed by atoms with Crippen molar-refractivity contribution >= 4 is 35.8 Å². The lowest BCUT2D eigenvalue weighted by Gasteiger charge is -2.11. The van der Waals surface area contributed by atoms with Crippen LogP contribution in [0.15, 0.2) is 33.7 Å². The molecule has 3 N–H and O–H groups in total. The number of rotatable bonds is 6. The third kappa shape index (κ3) is 6.32. The van der Waals surface area contributed by atoms with E-state index in [1.165, 1.54) is 0 Å². The van der Waals surface area contributed by atoms with Crippen molar-refractivity contribution in [1.29, 1.82) is 0 Å². The zero-order valence-electron chi connectivity index (χ0n) is 15.5. The van der Waals surface area contributed by atoms with Crippen LogP contribution < -0.4 is 16.0 Å². The lowest BCUT2D eigenvalue weighted by atomic mass is 10.1. The highest BCUT2D eigenvalue weighted by molar-refractivity contribution is 14.0. The molecule has 0 saturated carbocycles. The van der Waals surface area contributed by atoms with E-state index in [9.17, 15) is 4.79 Å². The smallest absolute Gasteiger partial charge is 0.251 e. The number of amides is 1. The molecule has 142 valence electrons. The zero-order valence-corrected chi connectivity index (χ0v) is 17.9. The summed E-state index contributed by atoms with van der Waals surface area (Å²) in [6.45, 7) is 7.31. The largest absolute Gasteiger partial charge is 0.444 e. The van der Waals surface area contributed by atoms with Gasteiger partial charge in [0.1, 0.15) is 5.76 Å². The van der Waals surface area contributed by atoms with Crippen LogP contribution >= 0.6 is 24.0 Å². The minimum absolute atomic E-state index is 0. The Morgan fingerprint density at radius 3 is 2.54 bits per heavy atom. The summed E-state index contributed by atoms with van der Waals surface area (Å²) < 4.78 is 5.54. The van der Waals surface area contributed by atoms with Gasteiger partial charge in [-0.1, -0.05) is 12.1 Å². The van der Waals surface area contributed by atoms with E-state index in [1.54, 1.807) is 13.1 Å². The first kappa shape index (κ1) is 21.9. The van der Waals surface area contributed by atoms with Crippen molar-refractivity contribution in [1.82, 2.24) is 20.9 Å². The molecule has 0 aliphatic carbocycles. The van der Waals surface area contributed by atoms with Gasteiger partial charge in [0.25, 0.3) is 5.91 Å². The summed E-state index contributed by atoms with van der Waals surface area (Å²) in [6, 6.07) is 7.50. The molecule has 0 fully saturated rings. The van der Waals surface area contributed by atoms with Gasteiger partial charge in [0, 0.05) is 25.7 Å². The SMILES string of the molecule is CCNC(=O)c1cccc(CNC(=NC)NCc2nc(C)c(C)o2)c1.I. The first-order chi connectivity index (χ1) is 12.0. The van der Waals surface area contributed by atoms with Crippen LogP contribution in [0, 0.1) is 13.8 Å². The van der Waals surface area contributed by atoms with Crippen molar-refractivity contribution in [2.75, 3.05) is 13.6 Å². The number of carbonyl (C=O) groups excluding carboxylic acids is 1. The van der Waals surface area contributed by atoms with Gasteiger partial charge in [0.05, 0.1) is 12.2 Å². The topological polar surface area (TPSA) is 91.5 Å². The van der Waals surface area contributed by atoms with Crippen LogP contribution in [0.2, 0.25) is 0 Å². The average Bonchev–Trinajstić information content (AvgIpc) is 2.93. The van der Waals surface area contributed by atoms with Crippen LogP contribution in [-0.2, 0) is 13.1 Å². The third-order valence-electron chi connectivity index (χ3n) is 3.69. The Bertz CT molecular complexity index is 738. The standard InChI is InChI=1S/C18H25N5O2.HI/c1-5-20-17(24)15-8-6-7-14(9-15)10-21-18(19-4)22-11-16-23-12(2)13(3)25-16;/h6-9H,5,10-11H2,1-4H3,(H,20,24)(H2,19,21,22);1H. The third-order valence-corrected chi connectivity index (χ3v) is 3.69. The normalized spacial score (nSPS) is 10.8. The average molecular weight is 471 g/mol. The van der Waals surface area contributed by atoms with Crippen molar-refractivity contribution in [2.45, 2.75) is 33.9 Å². The Morgan fingerprint density at radius 2 is 1.92 bits per heavy atom. The van der Waals surface area contributed by atoms with Crippen molar-refractivity contribution < 1.29 is 9.21 Å². The van der Waals surface area contributed by atoms with E-state index in [2.05, 4.69) is 25.9 Å². The van der Waals surface area contributed by atoms with E-state index < -0.39 is 0 Å². The van der Waals surface area contributed by atoms with E-state index in [4.69, 9.17) is 4.42 Å². The summed E-state index contributed by atoms with van der Waals surface area (Å²) in [5.41, 5.74) is 2.53. The number of hydrogen-bond acceptors (Lipinski definition) is 4. The molecule has 1 amide bonds. The summed E-state index contributed by atoms with van der Waals surface area (Å²) in [6.07, 6.45) is 0. The van der Waals surface area contributed by atoms with Crippen LogP contribution in [0.4, 0.5) is 0 Å². The molecule has 0 spiro atoms.